The number of carbonyl (C=O) groups excluding carboxylic acids is 4. The van der Waals surface area contributed by atoms with Gasteiger partial charge in [-0.1, -0.05) is 11.8 Å². The van der Waals surface area contributed by atoms with Gasteiger partial charge in [-0.25, -0.2) is 0 Å². The lowest BCUT2D eigenvalue weighted by Crippen LogP contribution is -2.29. The highest BCUT2D eigenvalue weighted by atomic mass is 32.2. The maximum Gasteiger partial charge on any atom is 0.264 e. The SMILES string of the molecule is CC(=O)SCCC(=O)C1CC(=O)N(O)C1=O. The molecule has 1 saturated heterocycles. The molecule has 0 saturated carbocycles. The van der Waals surface area contributed by atoms with Crippen LogP contribution in [0.15, 0.2) is 0 Å². The second-order valence-corrected chi connectivity index (χ2v) is 4.63. The number of ketones is 1. The molecular weight excluding hydrogens is 234 g/mol. The summed E-state index contributed by atoms with van der Waals surface area (Å²) in [5, 5.41) is 8.80. The summed E-state index contributed by atoms with van der Waals surface area (Å²) in [4.78, 5) is 44.2. The molecule has 1 atom stereocenters. The summed E-state index contributed by atoms with van der Waals surface area (Å²) >= 11 is 0.989. The molecule has 1 rings (SSSR count). The molecule has 1 aliphatic heterocycles. The van der Waals surface area contributed by atoms with Gasteiger partial charge in [-0.3, -0.25) is 24.4 Å². The van der Waals surface area contributed by atoms with E-state index < -0.39 is 23.5 Å². The highest BCUT2D eigenvalue weighted by Crippen LogP contribution is 2.20. The Kier molecular flexibility index (Phi) is 4.19. The lowest BCUT2D eigenvalue weighted by molar-refractivity contribution is -0.172. The van der Waals surface area contributed by atoms with Crippen LogP contribution in [0.5, 0.6) is 0 Å². The van der Waals surface area contributed by atoms with Crippen molar-refractivity contribution in [1.82, 2.24) is 5.06 Å². The van der Waals surface area contributed by atoms with Gasteiger partial charge in [0.15, 0.2) is 5.12 Å². The monoisotopic (exact) mass is 245 g/mol. The number of thioether (sulfide) groups is 1. The second-order valence-electron chi connectivity index (χ2n) is 3.36. The van der Waals surface area contributed by atoms with Crippen molar-refractivity contribution in [1.29, 1.82) is 0 Å². The molecule has 0 radical (unpaired) electrons. The third-order valence-electron chi connectivity index (χ3n) is 2.16. The van der Waals surface area contributed by atoms with E-state index >= 15 is 0 Å². The molecule has 16 heavy (non-hydrogen) atoms. The van der Waals surface area contributed by atoms with Crippen molar-refractivity contribution in [3.05, 3.63) is 0 Å². The number of amides is 2. The fraction of sp³-hybridized carbons (Fsp3) is 0.556. The minimum atomic E-state index is -1.08. The first-order valence-electron chi connectivity index (χ1n) is 4.65. The molecule has 6 nitrogen and oxygen atoms in total. The highest BCUT2D eigenvalue weighted by Gasteiger charge is 2.41. The summed E-state index contributed by atoms with van der Waals surface area (Å²) in [7, 11) is 0. The topological polar surface area (TPSA) is 91.8 Å². The van der Waals surface area contributed by atoms with Crippen LogP contribution in [0.3, 0.4) is 0 Å². The van der Waals surface area contributed by atoms with Crippen LogP contribution in [-0.4, -0.2) is 38.7 Å². The van der Waals surface area contributed by atoms with Gasteiger partial charge in [0.2, 0.25) is 0 Å². The largest absolute Gasteiger partial charge is 0.299 e. The number of rotatable bonds is 4. The first-order chi connectivity index (χ1) is 7.43. The molecule has 0 bridgehead atoms. The molecule has 0 aliphatic carbocycles. The lowest BCUT2D eigenvalue weighted by atomic mass is 10.0. The molecule has 0 aromatic rings. The maximum atomic E-state index is 11.5. The van der Waals surface area contributed by atoms with Gasteiger partial charge in [-0.2, -0.15) is 5.06 Å². The molecule has 0 spiro atoms. The van der Waals surface area contributed by atoms with E-state index in [2.05, 4.69) is 0 Å². The van der Waals surface area contributed by atoms with E-state index in [0.29, 0.717) is 0 Å². The molecule has 1 unspecified atom stereocenters. The zero-order chi connectivity index (χ0) is 12.3. The third-order valence-corrected chi connectivity index (χ3v) is 2.98. The minimum absolute atomic E-state index is 0.0132. The van der Waals surface area contributed by atoms with E-state index in [0.717, 1.165) is 11.8 Å². The van der Waals surface area contributed by atoms with Crippen molar-refractivity contribution in [3.8, 4) is 0 Å². The van der Waals surface area contributed by atoms with Crippen molar-refractivity contribution in [2.24, 2.45) is 5.92 Å². The number of Topliss-reactive ketones (excluding diaryl/α,β-unsaturated/α-hetero) is 1. The first-order valence-corrected chi connectivity index (χ1v) is 5.63. The number of nitrogens with zero attached hydrogens (tertiary/aromatic N) is 1. The highest BCUT2D eigenvalue weighted by molar-refractivity contribution is 8.13. The van der Waals surface area contributed by atoms with E-state index in [1.165, 1.54) is 6.92 Å². The fourth-order valence-electron chi connectivity index (χ4n) is 1.34. The summed E-state index contributed by atoms with van der Waals surface area (Å²) < 4.78 is 0. The molecular formula is C9H11NO5S. The van der Waals surface area contributed by atoms with E-state index in [-0.39, 0.29) is 28.8 Å². The Hall–Kier alpha value is -1.21. The van der Waals surface area contributed by atoms with Gasteiger partial charge in [0, 0.05) is 25.5 Å². The number of hydroxylamine groups is 2. The van der Waals surface area contributed by atoms with Gasteiger partial charge in [0.05, 0.1) is 0 Å². The minimum Gasteiger partial charge on any atom is -0.299 e. The van der Waals surface area contributed by atoms with Crippen molar-refractivity contribution >= 4 is 34.5 Å². The molecule has 7 heteroatoms. The standard InChI is InChI=1S/C9H11NO5S/c1-5(11)16-3-2-7(12)6-4-8(13)10(15)9(6)14/h6,15H,2-4H2,1H3. The first kappa shape index (κ1) is 12.9. The summed E-state index contributed by atoms with van der Waals surface area (Å²) in [5.41, 5.74) is 0. The molecule has 1 aliphatic rings. The molecule has 1 fully saturated rings. The van der Waals surface area contributed by atoms with Gasteiger partial charge in [-0.15, -0.1) is 0 Å². The summed E-state index contributed by atoms with van der Waals surface area (Å²) in [6, 6.07) is 0. The molecule has 0 aromatic heterocycles. The van der Waals surface area contributed by atoms with Crippen molar-refractivity contribution in [3.63, 3.8) is 0 Å². The molecule has 88 valence electrons. The normalized spacial score (nSPS) is 20.4. The molecule has 1 N–H and O–H groups in total. The zero-order valence-corrected chi connectivity index (χ0v) is 9.45. The Morgan fingerprint density at radius 1 is 1.50 bits per heavy atom. The van der Waals surface area contributed by atoms with Crippen molar-refractivity contribution in [2.75, 3.05) is 5.75 Å². The summed E-state index contributed by atoms with van der Waals surface area (Å²) in [6.07, 6.45) is -0.235. The van der Waals surface area contributed by atoms with Crippen LogP contribution in [0.2, 0.25) is 0 Å². The predicted octanol–water partition coefficient (Wildman–Crippen LogP) is -0.0104. The molecule has 2 amide bonds. The quantitative estimate of drug-likeness (QED) is 0.425. The van der Waals surface area contributed by atoms with Gasteiger partial charge in [-0.05, 0) is 0 Å². The third kappa shape index (κ3) is 2.89. The second kappa shape index (κ2) is 5.22. The Bertz CT molecular complexity index is 354. The average molecular weight is 245 g/mol. The van der Waals surface area contributed by atoms with Crippen LogP contribution in [0.25, 0.3) is 0 Å². The van der Waals surface area contributed by atoms with E-state index in [9.17, 15) is 19.2 Å². The van der Waals surface area contributed by atoms with Gasteiger partial charge in [0.25, 0.3) is 11.8 Å². The molecule has 1 heterocycles. The van der Waals surface area contributed by atoms with Crippen LogP contribution < -0.4 is 0 Å². The Labute approximate surface area is 95.9 Å². The number of carbonyl (C=O) groups is 4. The maximum absolute atomic E-state index is 11.5. The zero-order valence-electron chi connectivity index (χ0n) is 8.63. The van der Waals surface area contributed by atoms with Crippen LogP contribution in [-0.2, 0) is 19.2 Å². The Morgan fingerprint density at radius 2 is 2.12 bits per heavy atom. The summed E-state index contributed by atoms with van der Waals surface area (Å²) in [6.45, 7) is 1.38. The average Bonchev–Trinajstić information content (AvgIpc) is 2.45. The summed E-state index contributed by atoms with van der Waals surface area (Å²) in [5.74, 6) is -2.84. The van der Waals surface area contributed by atoms with Gasteiger partial charge >= 0.3 is 0 Å². The van der Waals surface area contributed by atoms with Crippen LogP contribution in [0.4, 0.5) is 0 Å². The predicted molar refractivity (Wildman–Crippen MR) is 54.5 cm³/mol. The van der Waals surface area contributed by atoms with Crippen molar-refractivity contribution < 1.29 is 24.4 Å². The van der Waals surface area contributed by atoms with E-state index in [4.69, 9.17) is 5.21 Å². The lowest BCUT2D eigenvalue weighted by Gasteiger charge is -2.05. The Morgan fingerprint density at radius 3 is 2.56 bits per heavy atom. The van der Waals surface area contributed by atoms with E-state index in [1.807, 2.05) is 0 Å². The fourth-order valence-corrected chi connectivity index (χ4v) is 1.93. The van der Waals surface area contributed by atoms with E-state index in [1.54, 1.807) is 0 Å². The van der Waals surface area contributed by atoms with Gasteiger partial charge < -0.3 is 0 Å². The smallest absolute Gasteiger partial charge is 0.264 e. The number of hydrogen-bond acceptors (Lipinski definition) is 6. The van der Waals surface area contributed by atoms with Gasteiger partial charge in [0.1, 0.15) is 11.7 Å². The van der Waals surface area contributed by atoms with Crippen LogP contribution >= 0.6 is 11.8 Å². The Balaban J connectivity index is 2.46. The number of imide groups is 1. The van der Waals surface area contributed by atoms with Crippen LogP contribution in [0, 0.1) is 5.92 Å². The number of hydrogen-bond donors (Lipinski definition) is 1. The van der Waals surface area contributed by atoms with Crippen molar-refractivity contribution in [2.45, 2.75) is 19.8 Å². The van der Waals surface area contributed by atoms with Crippen LogP contribution in [0.1, 0.15) is 19.8 Å². The molecule has 0 aromatic carbocycles.